The average molecular weight is 443 g/mol. The summed E-state index contributed by atoms with van der Waals surface area (Å²) in [5.41, 5.74) is 2.05. The van der Waals surface area contributed by atoms with Gasteiger partial charge in [-0.2, -0.15) is 0 Å². The van der Waals surface area contributed by atoms with Crippen molar-refractivity contribution in [2.24, 2.45) is 0 Å². The van der Waals surface area contributed by atoms with Crippen LogP contribution in [-0.4, -0.2) is 57.0 Å². The van der Waals surface area contributed by atoms with E-state index in [-0.39, 0.29) is 27.8 Å². The van der Waals surface area contributed by atoms with Gasteiger partial charge in [0, 0.05) is 0 Å². The first-order valence-electron chi connectivity index (χ1n) is 9.59. The number of imidazole rings is 1. The quantitative estimate of drug-likeness (QED) is 0.520. The van der Waals surface area contributed by atoms with E-state index >= 15 is 0 Å². The fourth-order valence-corrected chi connectivity index (χ4v) is 5.13. The molecule has 7 nitrogen and oxygen atoms in total. The average Bonchev–Trinajstić information content (AvgIpc) is 3.08. The van der Waals surface area contributed by atoms with Crippen LogP contribution in [0.1, 0.15) is 52.6 Å². The number of anilines is 1. The summed E-state index contributed by atoms with van der Waals surface area (Å²) in [5, 5.41) is 14.7. The molecule has 3 rings (SSSR count). The third-order valence-corrected chi connectivity index (χ3v) is 7.04. The third-order valence-electron chi connectivity index (χ3n) is 4.66. The molecule has 0 aromatic carbocycles. The molecule has 3 aromatic rings. The first-order valence-corrected chi connectivity index (χ1v) is 11.9. The molecule has 0 fully saturated rings. The van der Waals surface area contributed by atoms with Crippen LogP contribution in [0, 0.1) is 0 Å². The van der Waals surface area contributed by atoms with Gasteiger partial charge in [-0.05, 0) is 0 Å². The fourth-order valence-electron chi connectivity index (χ4n) is 3.05. The van der Waals surface area contributed by atoms with Crippen molar-refractivity contribution in [3.8, 4) is 0 Å². The molecule has 3 heterocycles. The maximum absolute atomic E-state index is 10.4. The summed E-state index contributed by atoms with van der Waals surface area (Å²) >= 11 is -0.236. The Morgan fingerprint density at radius 3 is 2.68 bits per heavy atom. The van der Waals surface area contributed by atoms with Crippen molar-refractivity contribution >= 4 is 37.3 Å². The zero-order valence-electron chi connectivity index (χ0n) is 17.1. The number of aromatic nitrogens is 5. The molecule has 0 aliphatic carbocycles. The molecular weight excluding hydrogens is 415 g/mol. The zero-order valence-corrected chi connectivity index (χ0v) is 19.0. The molecule has 1 radical (unpaired) electrons. The molecular formula is C20H28AsN6O. The van der Waals surface area contributed by atoms with Gasteiger partial charge < -0.3 is 0 Å². The van der Waals surface area contributed by atoms with Gasteiger partial charge in [0.2, 0.25) is 0 Å². The number of rotatable bonds is 8. The summed E-state index contributed by atoms with van der Waals surface area (Å²) in [4.78, 5) is 18.4. The Kier molecular flexibility index (Phi) is 6.36. The summed E-state index contributed by atoms with van der Waals surface area (Å²) in [6.45, 7) is 9.89. The molecule has 0 saturated heterocycles. The minimum atomic E-state index is -0.866. The zero-order chi connectivity index (χ0) is 20.3. The van der Waals surface area contributed by atoms with Crippen LogP contribution in [0.15, 0.2) is 30.9 Å². The first kappa shape index (κ1) is 20.7. The van der Waals surface area contributed by atoms with Crippen LogP contribution >= 0.6 is 0 Å². The van der Waals surface area contributed by atoms with Crippen LogP contribution in [0.3, 0.4) is 0 Å². The Balaban J connectivity index is 1.98. The van der Waals surface area contributed by atoms with Gasteiger partial charge in [0.15, 0.2) is 0 Å². The van der Waals surface area contributed by atoms with E-state index in [1.54, 1.807) is 20.0 Å². The van der Waals surface area contributed by atoms with Gasteiger partial charge in [0.05, 0.1) is 0 Å². The van der Waals surface area contributed by atoms with Crippen molar-refractivity contribution in [3.63, 3.8) is 0 Å². The van der Waals surface area contributed by atoms with Gasteiger partial charge in [0.25, 0.3) is 0 Å². The second-order valence-electron chi connectivity index (χ2n) is 7.72. The number of fused-ring (bicyclic) bond motifs is 1. The Hall–Kier alpha value is -1.98. The molecule has 0 aliphatic heterocycles. The summed E-state index contributed by atoms with van der Waals surface area (Å²) in [7, 11) is 0. The van der Waals surface area contributed by atoms with Crippen molar-refractivity contribution < 1.29 is 5.11 Å². The van der Waals surface area contributed by atoms with Crippen molar-refractivity contribution in [2.45, 2.75) is 63.9 Å². The maximum atomic E-state index is 10.4. The predicted molar refractivity (Wildman–Crippen MR) is 113 cm³/mol. The van der Waals surface area contributed by atoms with Crippen molar-refractivity contribution in [3.05, 3.63) is 36.4 Å². The van der Waals surface area contributed by atoms with Crippen molar-refractivity contribution in [1.29, 1.82) is 0 Å². The topological polar surface area (TPSA) is 88.8 Å². The van der Waals surface area contributed by atoms with E-state index in [0.29, 0.717) is 5.95 Å². The van der Waals surface area contributed by atoms with E-state index in [1.807, 2.05) is 25.5 Å². The molecule has 149 valence electrons. The number of pyridine rings is 1. The van der Waals surface area contributed by atoms with Gasteiger partial charge in [-0.25, -0.2) is 0 Å². The molecule has 1 atom stereocenters. The van der Waals surface area contributed by atoms with Gasteiger partial charge in [-0.15, -0.1) is 0 Å². The van der Waals surface area contributed by atoms with Crippen LogP contribution in [0.5, 0.6) is 0 Å². The van der Waals surface area contributed by atoms with E-state index < -0.39 is 5.60 Å². The minimum absolute atomic E-state index is 0.136. The van der Waals surface area contributed by atoms with Crippen molar-refractivity contribution in [1.82, 2.24) is 24.5 Å². The second kappa shape index (κ2) is 8.58. The van der Waals surface area contributed by atoms with Crippen molar-refractivity contribution in [2.75, 3.05) is 5.32 Å². The SMILES string of the molecule is CCC(Nc1nc([As]Cc2cccnc2)c2ncn(C(C)C)c2n1)C(C)(C)O. The molecule has 2 N–H and O–H groups in total. The molecule has 1 unspecified atom stereocenters. The Morgan fingerprint density at radius 1 is 1.29 bits per heavy atom. The Labute approximate surface area is 172 Å². The number of hydrogen-bond acceptors (Lipinski definition) is 6. The number of nitrogens with one attached hydrogen (secondary N) is 1. The fraction of sp³-hybridized carbons (Fsp3) is 0.500. The van der Waals surface area contributed by atoms with Crippen LogP contribution in [0.2, 0.25) is 0 Å². The molecule has 0 aliphatic rings. The van der Waals surface area contributed by atoms with E-state index in [1.165, 1.54) is 5.56 Å². The number of aliphatic hydroxyl groups is 1. The van der Waals surface area contributed by atoms with Gasteiger partial charge in [-0.1, -0.05) is 0 Å². The van der Waals surface area contributed by atoms with E-state index in [0.717, 1.165) is 27.3 Å². The standard InChI is InChI=1S/C20H28AsN6O/c1-6-15(20(4,5)28)24-19-25-17(21-10-14-8-7-9-22-11-14)16-18(26-19)27(12-23-16)13(2)3/h7-9,11-13,15,28H,6,10H2,1-5H3,(H,24,25,26). The van der Waals surface area contributed by atoms with Crippen LogP contribution in [0.25, 0.3) is 11.2 Å². The monoisotopic (exact) mass is 443 g/mol. The van der Waals surface area contributed by atoms with E-state index in [2.05, 4.69) is 39.8 Å². The van der Waals surface area contributed by atoms with E-state index in [4.69, 9.17) is 9.97 Å². The van der Waals surface area contributed by atoms with Crippen LogP contribution in [0.4, 0.5) is 5.95 Å². The third kappa shape index (κ3) is 4.70. The van der Waals surface area contributed by atoms with Gasteiger partial charge >= 0.3 is 173 Å². The molecule has 0 amide bonds. The van der Waals surface area contributed by atoms with E-state index in [9.17, 15) is 5.11 Å². The number of nitrogens with zero attached hydrogens (tertiary/aromatic N) is 5. The second-order valence-corrected chi connectivity index (χ2v) is 9.94. The van der Waals surface area contributed by atoms with Gasteiger partial charge in [0.1, 0.15) is 0 Å². The molecule has 3 aromatic heterocycles. The van der Waals surface area contributed by atoms with Crippen LogP contribution < -0.4 is 9.80 Å². The summed E-state index contributed by atoms with van der Waals surface area (Å²) < 4.78 is 3.07. The van der Waals surface area contributed by atoms with Crippen LogP contribution in [-0.2, 0) is 5.21 Å². The van der Waals surface area contributed by atoms with Gasteiger partial charge in [-0.3, -0.25) is 0 Å². The summed E-state index contributed by atoms with van der Waals surface area (Å²) in [6.07, 6.45) is 6.31. The Morgan fingerprint density at radius 2 is 2.07 bits per heavy atom. The number of hydrogen-bond donors (Lipinski definition) is 2. The molecule has 8 heteroatoms. The molecule has 0 bridgehead atoms. The predicted octanol–water partition coefficient (Wildman–Crippen LogP) is 2.29. The molecule has 0 saturated carbocycles. The Bertz CT molecular complexity index is 920. The molecule has 0 spiro atoms. The summed E-state index contributed by atoms with van der Waals surface area (Å²) in [6, 6.07) is 4.17. The normalized spacial score (nSPS) is 13.7. The summed E-state index contributed by atoms with van der Waals surface area (Å²) in [5.74, 6) is 0.556. The first-order chi connectivity index (χ1) is 13.3. The molecule has 28 heavy (non-hydrogen) atoms.